The largest absolute Gasteiger partial charge is 0.464 e. The van der Waals surface area contributed by atoms with Gasteiger partial charge in [-0.3, -0.25) is 0 Å². The highest BCUT2D eigenvalue weighted by Crippen LogP contribution is 1.97. The van der Waals surface area contributed by atoms with Crippen molar-refractivity contribution in [2.75, 3.05) is 20.8 Å². The Balaban J connectivity index is 4.02. The molecule has 1 unspecified atom stereocenters. The predicted molar refractivity (Wildman–Crippen MR) is 48.1 cm³/mol. The Bertz CT molecular complexity index is 186. The Labute approximate surface area is 83.3 Å². The molecule has 0 aromatic rings. The minimum absolute atomic E-state index is 0.198. The fraction of sp³-hybridized carbons (Fsp3) is 0.667. The Hall–Kier alpha value is -0.910. The molecule has 5 heteroatoms. The number of hydrogen-bond acceptors (Lipinski definition) is 4. The van der Waals surface area contributed by atoms with Crippen molar-refractivity contribution in [2.45, 2.75) is 19.3 Å². The molecule has 1 radical (unpaired) electrons. The van der Waals surface area contributed by atoms with E-state index in [1.54, 1.807) is 6.92 Å². The molecule has 0 fully saturated rings. The summed E-state index contributed by atoms with van der Waals surface area (Å²) in [6, 6.07) is 0. The van der Waals surface area contributed by atoms with E-state index in [1.165, 1.54) is 20.3 Å². The predicted octanol–water partition coefficient (Wildman–Crippen LogP) is 0.524. The van der Waals surface area contributed by atoms with Crippen molar-refractivity contribution in [1.82, 2.24) is 0 Å². The maximum Gasteiger partial charge on any atom is 0.342 e. The minimum Gasteiger partial charge on any atom is -0.464 e. The fourth-order valence-electron chi connectivity index (χ4n) is 0.748. The molecule has 14 heavy (non-hydrogen) atoms. The van der Waals surface area contributed by atoms with Crippen LogP contribution in [-0.4, -0.2) is 39.2 Å². The lowest BCUT2D eigenvalue weighted by Crippen LogP contribution is -2.20. The topological polar surface area (TPSA) is 64.7 Å². The van der Waals surface area contributed by atoms with Gasteiger partial charge >= 0.3 is 5.97 Å². The van der Waals surface area contributed by atoms with Crippen molar-refractivity contribution in [3.63, 3.8) is 0 Å². The van der Waals surface area contributed by atoms with Crippen LogP contribution in [0.3, 0.4) is 0 Å². The van der Waals surface area contributed by atoms with E-state index in [1.807, 2.05) is 0 Å². The van der Waals surface area contributed by atoms with E-state index >= 15 is 0 Å². The lowest BCUT2D eigenvalue weighted by Gasteiger charge is -2.08. The highest BCUT2D eigenvalue weighted by atomic mass is 16.7. The van der Waals surface area contributed by atoms with Gasteiger partial charge in [-0.05, 0) is 19.1 Å². The molecular formula is C9H15O5. The zero-order valence-corrected chi connectivity index (χ0v) is 8.56. The molecule has 0 heterocycles. The molecule has 0 spiro atoms. The Morgan fingerprint density at radius 1 is 1.29 bits per heavy atom. The third kappa shape index (κ3) is 4.96. The van der Waals surface area contributed by atoms with E-state index in [4.69, 9.17) is 9.47 Å². The highest BCUT2D eigenvalue weighted by molar-refractivity contribution is 5.76. The van der Waals surface area contributed by atoms with Crippen LogP contribution in [0.1, 0.15) is 6.92 Å². The van der Waals surface area contributed by atoms with Crippen LogP contribution in [0.5, 0.6) is 0 Å². The normalized spacial score (nSPS) is 13.5. The maximum absolute atomic E-state index is 11.1. The van der Waals surface area contributed by atoms with Crippen molar-refractivity contribution < 1.29 is 24.1 Å². The van der Waals surface area contributed by atoms with E-state index < -0.39 is 18.4 Å². The van der Waals surface area contributed by atoms with E-state index in [2.05, 4.69) is 4.74 Å². The summed E-state index contributed by atoms with van der Waals surface area (Å²) >= 11 is 0. The van der Waals surface area contributed by atoms with Crippen molar-refractivity contribution in [2.24, 2.45) is 0 Å². The molecule has 0 bridgehead atoms. The standard InChI is InChI=1S/C9H15O5/c1-4-14-9(11)7(10)5-6-8(12-2)13-3/h5-8H,4H2,1-3H3. The summed E-state index contributed by atoms with van der Waals surface area (Å²) in [6.07, 6.45) is 0.383. The van der Waals surface area contributed by atoms with E-state index in [9.17, 15) is 9.90 Å². The van der Waals surface area contributed by atoms with Gasteiger partial charge in [-0.2, -0.15) is 0 Å². The highest BCUT2D eigenvalue weighted by Gasteiger charge is 2.14. The molecule has 0 N–H and O–H groups in total. The van der Waals surface area contributed by atoms with E-state index in [0.29, 0.717) is 0 Å². The quantitative estimate of drug-likeness (QED) is 0.358. The number of carbonyl (C=O) groups is 1. The molecular weight excluding hydrogens is 188 g/mol. The molecule has 0 saturated carbocycles. The van der Waals surface area contributed by atoms with Gasteiger partial charge in [0.2, 0.25) is 6.10 Å². The monoisotopic (exact) mass is 203 g/mol. The smallest absolute Gasteiger partial charge is 0.342 e. The number of rotatable bonds is 6. The van der Waals surface area contributed by atoms with Gasteiger partial charge in [0.05, 0.1) is 6.61 Å². The van der Waals surface area contributed by atoms with Crippen LogP contribution in [0.15, 0.2) is 12.2 Å². The first-order chi connectivity index (χ1) is 6.65. The molecule has 0 saturated heterocycles. The van der Waals surface area contributed by atoms with Gasteiger partial charge in [0.25, 0.3) is 0 Å². The molecule has 1 atom stereocenters. The Kier molecular flexibility index (Phi) is 7.00. The number of methoxy groups -OCH3 is 2. The summed E-state index contributed by atoms with van der Waals surface area (Å²) in [5, 5.41) is 11.1. The van der Waals surface area contributed by atoms with Crippen LogP contribution in [0, 0.1) is 0 Å². The van der Waals surface area contributed by atoms with Crippen LogP contribution in [0.4, 0.5) is 0 Å². The van der Waals surface area contributed by atoms with Gasteiger partial charge in [0, 0.05) is 14.2 Å². The van der Waals surface area contributed by atoms with Crippen LogP contribution in [0.25, 0.3) is 0 Å². The lowest BCUT2D eigenvalue weighted by molar-refractivity contribution is -0.153. The van der Waals surface area contributed by atoms with Gasteiger partial charge in [0.1, 0.15) is 0 Å². The summed E-state index contributed by atoms with van der Waals surface area (Å²) in [6.45, 7) is 1.84. The lowest BCUT2D eigenvalue weighted by atomic mass is 10.3. The summed E-state index contributed by atoms with van der Waals surface area (Å²) in [5.74, 6) is -0.797. The van der Waals surface area contributed by atoms with E-state index in [-0.39, 0.29) is 6.61 Å². The summed E-state index contributed by atoms with van der Waals surface area (Å²) in [5.41, 5.74) is 0. The molecule has 0 aliphatic rings. The summed E-state index contributed by atoms with van der Waals surface area (Å²) in [4.78, 5) is 10.9. The first-order valence-electron chi connectivity index (χ1n) is 4.22. The average molecular weight is 203 g/mol. The zero-order chi connectivity index (χ0) is 11.0. The molecule has 0 aromatic heterocycles. The zero-order valence-electron chi connectivity index (χ0n) is 8.56. The van der Waals surface area contributed by atoms with Crippen LogP contribution >= 0.6 is 0 Å². The second kappa shape index (κ2) is 7.49. The van der Waals surface area contributed by atoms with Gasteiger partial charge in [-0.15, -0.1) is 0 Å². The van der Waals surface area contributed by atoms with Crippen LogP contribution < -0.4 is 0 Å². The molecule has 0 amide bonds. The second-order valence-electron chi connectivity index (χ2n) is 2.40. The second-order valence-corrected chi connectivity index (χ2v) is 2.40. The van der Waals surface area contributed by atoms with Gasteiger partial charge in [-0.1, -0.05) is 0 Å². The molecule has 0 aliphatic heterocycles. The van der Waals surface area contributed by atoms with Crippen molar-refractivity contribution in [1.29, 1.82) is 0 Å². The molecule has 0 rings (SSSR count). The number of hydrogen-bond donors (Lipinski definition) is 0. The SMILES string of the molecule is CCOC(=O)C([O])C=CC(OC)OC. The number of carbonyl (C=O) groups excluding carboxylic acids is 1. The van der Waals surface area contributed by atoms with Crippen molar-refractivity contribution in [3.05, 3.63) is 12.2 Å². The summed E-state index contributed by atoms with van der Waals surface area (Å²) in [7, 11) is 2.87. The third-order valence-electron chi connectivity index (χ3n) is 1.43. The van der Waals surface area contributed by atoms with Crippen LogP contribution in [0.2, 0.25) is 0 Å². The van der Waals surface area contributed by atoms with Gasteiger partial charge < -0.3 is 14.2 Å². The van der Waals surface area contributed by atoms with Gasteiger partial charge in [0.15, 0.2) is 6.29 Å². The third-order valence-corrected chi connectivity index (χ3v) is 1.43. The van der Waals surface area contributed by atoms with Crippen molar-refractivity contribution in [3.8, 4) is 0 Å². The first kappa shape index (κ1) is 13.1. The molecule has 5 nitrogen and oxygen atoms in total. The molecule has 0 aromatic carbocycles. The van der Waals surface area contributed by atoms with E-state index in [0.717, 1.165) is 6.08 Å². The number of ether oxygens (including phenoxy) is 3. The first-order valence-corrected chi connectivity index (χ1v) is 4.22. The van der Waals surface area contributed by atoms with Crippen molar-refractivity contribution >= 4 is 5.97 Å². The Morgan fingerprint density at radius 2 is 1.86 bits per heavy atom. The maximum atomic E-state index is 11.1. The summed E-state index contributed by atoms with van der Waals surface area (Å²) < 4.78 is 14.1. The number of esters is 1. The molecule has 81 valence electrons. The Morgan fingerprint density at radius 3 is 2.29 bits per heavy atom. The minimum atomic E-state index is -1.53. The van der Waals surface area contributed by atoms with Gasteiger partial charge in [-0.25, -0.2) is 9.90 Å². The fourth-order valence-corrected chi connectivity index (χ4v) is 0.748. The average Bonchev–Trinajstić information content (AvgIpc) is 2.19. The van der Waals surface area contributed by atoms with Crippen LogP contribution in [-0.2, 0) is 24.1 Å². The molecule has 0 aliphatic carbocycles.